The molecule has 0 fully saturated rings. The Labute approximate surface area is 212 Å². The Morgan fingerprint density at radius 3 is 2.03 bits per heavy atom. The Hall–Kier alpha value is -4.01. The quantitative estimate of drug-likeness (QED) is 0.242. The predicted octanol–water partition coefficient (Wildman–Crippen LogP) is 7.56. The molecule has 0 aliphatic rings. The summed E-state index contributed by atoms with van der Waals surface area (Å²) < 4.78 is 43.1. The molecule has 8 heteroatoms. The Morgan fingerprint density at radius 1 is 0.778 bits per heavy atom. The number of para-hydroxylation sites is 1. The van der Waals surface area contributed by atoms with Crippen LogP contribution in [0.1, 0.15) is 0 Å². The van der Waals surface area contributed by atoms with E-state index < -0.39 is 9.84 Å². The maximum atomic E-state index is 13.5. The Morgan fingerprint density at radius 2 is 1.39 bits per heavy atom. The van der Waals surface area contributed by atoms with Gasteiger partial charge in [-0.05, 0) is 78.4 Å². The van der Waals surface area contributed by atoms with E-state index in [1.807, 2.05) is 54.6 Å². The largest absolute Gasteiger partial charge is 0.457 e. The molecule has 5 rings (SSSR count). The summed E-state index contributed by atoms with van der Waals surface area (Å²) in [6.07, 6.45) is 1.18. The number of hydrogen-bond donors (Lipinski definition) is 1. The first-order valence-electron chi connectivity index (χ1n) is 11.0. The smallest absolute Gasteiger partial charge is 0.188 e. The van der Waals surface area contributed by atoms with Gasteiger partial charge >= 0.3 is 0 Å². The lowest BCUT2D eigenvalue weighted by molar-refractivity contribution is 0.483. The minimum absolute atomic E-state index is 0.246. The van der Waals surface area contributed by atoms with Gasteiger partial charge in [0.15, 0.2) is 15.0 Å². The lowest BCUT2D eigenvalue weighted by Crippen LogP contribution is -1.96. The molecule has 0 saturated carbocycles. The second kappa shape index (κ2) is 9.93. The van der Waals surface area contributed by atoms with Crippen molar-refractivity contribution < 1.29 is 17.5 Å². The van der Waals surface area contributed by atoms with E-state index in [-0.39, 0.29) is 10.7 Å². The number of nitrogens with zero attached hydrogens (tertiary/aromatic N) is 1. The van der Waals surface area contributed by atoms with Gasteiger partial charge < -0.3 is 10.1 Å². The van der Waals surface area contributed by atoms with Gasteiger partial charge in [-0.1, -0.05) is 41.7 Å². The first-order chi connectivity index (χ1) is 17.3. The van der Waals surface area contributed by atoms with Crippen LogP contribution >= 0.6 is 11.3 Å². The number of rotatable bonds is 7. The number of nitrogens with one attached hydrogen (secondary N) is 1. The molecule has 0 aliphatic heterocycles. The Bertz CT molecular complexity index is 1580. The van der Waals surface area contributed by atoms with Gasteiger partial charge in [0.2, 0.25) is 0 Å². The zero-order valence-electron chi connectivity index (χ0n) is 19.2. The highest BCUT2D eigenvalue weighted by Gasteiger charge is 2.17. The highest BCUT2D eigenvalue weighted by molar-refractivity contribution is 7.90. The van der Waals surface area contributed by atoms with Crippen molar-refractivity contribution in [1.29, 1.82) is 0 Å². The van der Waals surface area contributed by atoms with Crippen LogP contribution in [-0.4, -0.2) is 19.7 Å². The average molecular weight is 517 g/mol. The molecule has 0 unspecified atom stereocenters. The van der Waals surface area contributed by atoms with E-state index >= 15 is 0 Å². The molecule has 0 bridgehead atoms. The van der Waals surface area contributed by atoms with Crippen molar-refractivity contribution in [2.24, 2.45) is 0 Å². The molecule has 0 spiro atoms. The second-order valence-corrected chi connectivity index (χ2v) is 11.1. The molecular formula is C28H21FN2O3S2. The number of ether oxygens (including phenoxy) is 1. The summed E-state index contributed by atoms with van der Waals surface area (Å²) in [6.45, 7) is 0. The zero-order chi connectivity index (χ0) is 25.1. The second-order valence-electron chi connectivity index (χ2n) is 8.06. The van der Waals surface area contributed by atoms with E-state index in [4.69, 9.17) is 9.72 Å². The lowest BCUT2D eigenvalue weighted by atomic mass is 10.1. The molecule has 0 amide bonds. The first-order valence-corrected chi connectivity index (χ1v) is 13.7. The van der Waals surface area contributed by atoms with Gasteiger partial charge in [0.25, 0.3) is 0 Å². The van der Waals surface area contributed by atoms with Crippen molar-refractivity contribution in [2.45, 2.75) is 4.90 Å². The molecule has 1 N–H and O–H groups in total. The van der Waals surface area contributed by atoms with Crippen molar-refractivity contribution in [3.8, 4) is 33.2 Å². The number of benzene rings is 4. The molecule has 0 radical (unpaired) electrons. The van der Waals surface area contributed by atoms with Crippen molar-refractivity contribution in [2.75, 3.05) is 11.6 Å². The molecule has 36 heavy (non-hydrogen) atoms. The summed E-state index contributed by atoms with van der Waals surface area (Å²) in [6, 6.07) is 29.9. The van der Waals surface area contributed by atoms with Crippen molar-refractivity contribution in [3.05, 3.63) is 109 Å². The molecule has 180 valence electrons. The van der Waals surface area contributed by atoms with Crippen molar-refractivity contribution in [3.63, 3.8) is 0 Å². The van der Waals surface area contributed by atoms with Crippen LogP contribution in [0.5, 0.6) is 11.5 Å². The van der Waals surface area contributed by atoms with Gasteiger partial charge in [-0.3, -0.25) is 0 Å². The maximum absolute atomic E-state index is 13.5. The van der Waals surface area contributed by atoms with Crippen molar-refractivity contribution in [1.82, 2.24) is 4.98 Å². The average Bonchev–Trinajstić information content (AvgIpc) is 3.29. The van der Waals surface area contributed by atoms with E-state index in [2.05, 4.69) is 5.32 Å². The number of thiazole rings is 1. The van der Waals surface area contributed by atoms with Crippen LogP contribution in [0.25, 0.3) is 21.7 Å². The van der Waals surface area contributed by atoms with Crippen LogP contribution in [0.4, 0.5) is 15.2 Å². The van der Waals surface area contributed by atoms with E-state index in [0.29, 0.717) is 16.6 Å². The minimum Gasteiger partial charge on any atom is -0.457 e. The lowest BCUT2D eigenvalue weighted by Gasteiger charge is -2.07. The summed E-state index contributed by atoms with van der Waals surface area (Å²) in [7, 11) is -3.30. The zero-order valence-corrected chi connectivity index (χ0v) is 20.8. The number of sulfone groups is 1. The van der Waals surface area contributed by atoms with E-state index in [9.17, 15) is 12.8 Å². The van der Waals surface area contributed by atoms with Gasteiger partial charge in [0, 0.05) is 17.5 Å². The number of aromatic nitrogens is 1. The van der Waals surface area contributed by atoms with Crippen LogP contribution < -0.4 is 10.1 Å². The van der Waals surface area contributed by atoms with Crippen LogP contribution in [0, 0.1) is 5.82 Å². The summed E-state index contributed by atoms with van der Waals surface area (Å²) in [5, 5.41) is 3.97. The topological polar surface area (TPSA) is 68.3 Å². The maximum Gasteiger partial charge on any atom is 0.188 e. The predicted molar refractivity (Wildman–Crippen MR) is 142 cm³/mol. The highest BCUT2D eigenvalue weighted by Crippen LogP contribution is 2.40. The Balaban J connectivity index is 1.45. The Kier molecular flexibility index (Phi) is 6.54. The van der Waals surface area contributed by atoms with E-state index in [0.717, 1.165) is 27.4 Å². The van der Waals surface area contributed by atoms with Crippen molar-refractivity contribution >= 4 is 32.0 Å². The number of hydrogen-bond acceptors (Lipinski definition) is 6. The number of halogens is 1. The standard InChI is InChI=1S/C28H21FN2O3S2/c1-36(32,33)25-17-9-20(10-18-25)27-26(19-7-11-21(29)12-8-19)31-28(35-27)30-22-13-15-24(16-14-22)34-23-5-3-2-4-6-23/h2-18H,1H3,(H,30,31). The molecule has 1 aromatic heterocycles. The summed E-state index contributed by atoms with van der Waals surface area (Å²) in [4.78, 5) is 5.87. The normalized spacial score (nSPS) is 11.3. The van der Waals surface area contributed by atoms with Crippen LogP contribution in [-0.2, 0) is 9.84 Å². The van der Waals surface area contributed by atoms with Gasteiger partial charge in [0.1, 0.15) is 17.3 Å². The first kappa shape index (κ1) is 23.7. The summed E-state index contributed by atoms with van der Waals surface area (Å²) >= 11 is 1.43. The fourth-order valence-corrected chi connectivity index (χ4v) is 5.22. The molecule has 0 atom stereocenters. The monoisotopic (exact) mass is 516 g/mol. The van der Waals surface area contributed by atoms with Gasteiger partial charge in [-0.2, -0.15) is 0 Å². The van der Waals surface area contributed by atoms with Crippen LogP contribution in [0.15, 0.2) is 108 Å². The van der Waals surface area contributed by atoms with Gasteiger partial charge in [0.05, 0.1) is 15.5 Å². The third-order valence-corrected chi connectivity index (χ3v) is 7.52. The molecule has 4 aromatic carbocycles. The third kappa shape index (κ3) is 5.45. The fraction of sp³-hybridized carbons (Fsp3) is 0.0357. The molecule has 5 nitrogen and oxygen atoms in total. The fourth-order valence-electron chi connectivity index (χ4n) is 3.58. The van der Waals surface area contributed by atoms with Gasteiger partial charge in [-0.25, -0.2) is 17.8 Å². The minimum atomic E-state index is -3.30. The van der Waals surface area contributed by atoms with E-state index in [1.165, 1.54) is 29.7 Å². The van der Waals surface area contributed by atoms with E-state index in [1.54, 1.807) is 36.4 Å². The SMILES string of the molecule is CS(=O)(=O)c1ccc(-c2sc(Nc3ccc(Oc4ccccc4)cc3)nc2-c2ccc(F)cc2)cc1. The van der Waals surface area contributed by atoms with Gasteiger partial charge in [-0.15, -0.1) is 0 Å². The molecular weight excluding hydrogens is 495 g/mol. The molecule has 5 aromatic rings. The molecule has 0 aliphatic carbocycles. The molecule has 0 saturated heterocycles. The third-order valence-electron chi connectivity index (χ3n) is 5.37. The highest BCUT2D eigenvalue weighted by atomic mass is 32.2. The van der Waals surface area contributed by atoms with Crippen LogP contribution in [0.2, 0.25) is 0 Å². The summed E-state index contributed by atoms with van der Waals surface area (Å²) in [5.74, 6) is 1.14. The summed E-state index contributed by atoms with van der Waals surface area (Å²) in [5.41, 5.74) is 3.08. The van der Waals surface area contributed by atoms with Crippen LogP contribution in [0.3, 0.4) is 0 Å². The molecule has 1 heterocycles. The number of anilines is 2.